The fourth-order valence-corrected chi connectivity index (χ4v) is 2.88. The van der Waals surface area contributed by atoms with Crippen LogP contribution in [-0.2, 0) is 7.05 Å². The Morgan fingerprint density at radius 1 is 1.27 bits per heavy atom. The SMILES string of the molecule is CN(c1ccncn1)C1CCN(C(=O)c2ccnn2C)CC1. The number of nitrogens with zero attached hydrogens (tertiary/aromatic N) is 6. The number of anilines is 1. The van der Waals surface area contributed by atoms with Gasteiger partial charge in [-0.3, -0.25) is 9.48 Å². The van der Waals surface area contributed by atoms with Crippen LogP contribution in [0.25, 0.3) is 0 Å². The van der Waals surface area contributed by atoms with Crippen molar-refractivity contribution in [3.05, 3.63) is 36.5 Å². The predicted molar refractivity (Wildman–Crippen MR) is 82.6 cm³/mol. The molecule has 2 aromatic rings. The van der Waals surface area contributed by atoms with E-state index in [2.05, 4.69) is 20.0 Å². The highest BCUT2D eigenvalue weighted by molar-refractivity contribution is 5.92. The van der Waals surface area contributed by atoms with Crippen LogP contribution in [-0.4, -0.2) is 56.7 Å². The van der Waals surface area contributed by atoms with Gasteiger partial charge in [0.25, 0.3) is 5.91 Å². The Morgan fingerprint density at radius 3 is 2.64 bits per heavy atom. The number of aromatic nitrogens is 4. The molecule has 0 atom stereocenters. The molecular weight excluding hydrogens is 280 g/mol. The van der Waals surface area contributed by atoms with E-state index in [1.807, 2.05) is 18.0 Å². The summed E-state index contributed by atoms with van der Waals surface area (Å²) in [5.41, 5.74) is 0.641. The number of carbonyl (C=O) groups excluding carboxylic acids is 1. The monoisotopic (exact) mass is 300 g/mol. The molecule has 116 valence electrons. The van der Waals surface area contributed by atoms with Crippen molar-refractivity contribution in [3.63, 3.8) is 0 Å². The summed E-state index contributed by atoms with van der Waals surface area (Å²) in [4.78, 5) is 24.8. The van der Waals surface area contributed by atoms with Crippen LogP contribution in [0.4, 0.5) is 5.82 Å². The van der Waals surface area contributed by atoms with Crippen molar-refractivity contribution >= 4 is 11.7 Å². The molecule has 3 rings (SSSR count). The van der Waals surface area contributed by atoms with Gasteiger partial charge in [0.1, 0.15) is 17.8 Å². The molecule has 1 fully saturated rings. The summed E-state index contributed by atoms with van der Waals surface area (Å²) in [5.74, 6) is 0.981. The van der Waals surface area contributed by atoms with Gasteiger partial charge in [-0.1, -0.05) is 0 Å². The van der Waals surface area contributed by atoms with Gasteiger partial charge in [-0.2, -0.15) is 5.10 Å². The summed E-state index contributed by atoms with van der Waals surface area (Å²) in [6, 6.07) is 4.07. The molecule has 1 saturated heterocycles. The third kappa shape index (κ3) is 2.79. The molecule has 0 radical (unpaired) electrons. The van der Waals surface area contributed by atoms with Gasteiger partial charge in [-0.15, -0.1) is 0 Å². The Kier molecular flexibility index (Phi) is 4.04. The van der Waals surface area contributed by atoms with Crippen molar-refractivity contribution in [1.82, 2.24) is 24.6 Å². The lowest BCUT2D eigenvalue weighted by Crippen LogP contribution is -2.46. The van der Waals surface area contributed by atoms with Crippen LogP contribution in [0.15, 0.2) is 30.9 Å². The van der Waals surface area contributed by atoms with E-state index in [9.17, 15) is 4.79 Å². The van der Waals surface area contributed by atoms with E-state index in [1.54, 1.807) is 36.5 Å². The van der Waals surface area contributed by atoms with Crippen molar-refractivity contribution in [2.45, 2.75) is 18.9 Å². The average Bonchev–Trinajstić information content (AvgIpc) is 3.00. The number of piperidine rings is 1. The third-order valence-electron chi connectivity index (χ3n) is 4.27. The summed E-state index contributed by atoms with van der Waals surface area (Å²) in [5, 5.41) is 4.06. The van der Waals surface area contributed by atoms with Crippen molar-refractivity contribution < 1.29 is 4.79 Å². The largest absolute Gasteiger partial charge is 0.356 e. The Morgan fingerprint density at radius 2 is 2.05 bits per heavy atom. The molecule has 1 aliphatic heterocycles. The van der Waals surface area contributed by atoms with Gasteiger partial charge in [-0.05, 0) is 25.0 Å². The minimum atomic E-state index is 0.0585. The number of hydrogen-bond donors (Lipinski definition) is 0. The van der Waals surface area contributed by atoms with Crippen LogP contribution in [0.3, 0.4) is 0 Å². The molecule has 0 aliphatic carbocycles. The summed E-state index contributed by atoms with van der Waals surface area (Å²) in [6.07, 6.45) is 6.84. The highest BCUT2D eigenvalue weighted by Gasteiger charge is 2.27. The molecule has 0 saturated carbocycles. The second-order valence-corrected chi connectivity index (χ2v) is 5.54. The quantitative estimate of drug-likeness (QED) is 0.844. The molecule has 1 amide bonds. The van der Waals surface area contributed by atoms with Crippen molar-refractivity contribution in [3.8, 4) is 0 Å². The van der Waals surface area contributed by atoms with Gasteiger partial charge in [0, 0.05) is 45.6 Å². The fourth-order valence-electron chi connectivity index (χ4n) is 2.88. The van der Waals surface area contributed by atoms with Gasteiger partial charge in [-0.25, -0.2) is 9.97 Å². The molecule has 0 N–H and O–H groups in total. The highest BCUT2D eigenvalue weighted by Crippen LogP contribution is 2.21. The average molecular weight is 300 g/mol. The maximum atomic E-state index is 12.5. The Balaban J connectivity index is 1.61. The second-order valence-electron chi connectivity index (χ2n) is 5.54. The molecule has 22 heavy (non-hydrogen) atoms. The lowest BCUT2D eigenvalue weighted by atomic mass is 10.0. The minimum absolute atomic E-state index is 0.0585. The topological polar surface area (TPSA) is 67.2 Å². The fraction of sp³-hybridized carbons (Fsp3) is 0.467. The summed E-state index contributed by atoms with van der Waals surface area (Å²) in [7, 11) is 3.84. The van der Waals surface area contributed by atoms with Gasteiger partial charge in [0.2, 0.25) is 0 Å². The maximum absolute atomic E-state index is 12.5. The number of hydrogen-bond acceptors (Lipinski definition) is 5. The molecule has 1 aliphatic rings. The van der Waals surface area contributed by atoms with E-state index >= 15 is 0 Å². The molecular formula is C15H20N6O. The first-order chi connectivity index (χ1) is 10.7. The number of amides is 1. The normalized spacial score (nSPS) is 15.8. The lowest BCUT2D eigenvalue weighted by molar-refractivity contribution is 0.0702. The Hall–Kier alpha value is -2.44. The second kappa shape index (κ2) is 6.13. The molecule has 0 aromatic carbocycles. The Labute approximate surface area is 129 Å². The molecule has 0 bridgehead atoms. The van der Waals surface area contributed by atoms with Crippen LogP contribution in [0.5, 0.6) is 0 Å². The zero-order valence-electron chi connectivity index (χ0n) is 12.9. The van der Waals surface area contributed by atoms with E-state index in [1.165, 1.54) is 0 Å². The summed E-state index contributed by atoms with van der Waals surface area (Å²) >= 11 is 0. The number of aryl methyl sites for hydroxylation is 1. The molecule has 0 unspecified atom stereocenters. The molecule has 3 heterocycles. The zero-order chi connectivity index (χ0) is 15.5. The third-order valence-corrected chi connectivity index (χ3v) is 4.27. The zero-order valence-corrected chi connectivity index (χ0v) is 12.9. The first-order valence-corrected chi connectivity index (χ1v) is 7.43. The maximum Gasteiger partial charge on any atom is 0.272 e. The standard InChI is InChI=1S/C15H20N6O/c1-19(14-4-7-16-11-17-14)12-5-9-21(10-6-12)15(22)13-3-8-18-20(13)2/h3-4,7-8,11-12H,5-6,9-10H2,1-2H3. The van der Waals surface area contributed by atoms with Crippen molar-refractivity contribution in [2.24, 2.45) is 7.05 Å². The van der Waals surface area contributed by atoms with Crippen LogP contribution in [0, 0.1) is 0 Å². The number of rotatable bonds is 3. The van der Waals surface area contributed by atoms with Crippen LogP contribution < -0.4 is 4.90 Å². The predicted octanol–water partition coefficient (Wildman–Crippen LogP) is 0.951. The molecule has 2 aromatic heterocycles. The van der Waals surface area contributed by atoms with Gasteiger partial charge >= 0.3 is 0 Å². The lowest BCUT2D eigenvalue weighted by Gasteiger charge is -2.37. The summed E-state index contributed by atoms with van der Waals surface area (Å²) in [6.45, 7) is 1.51. The van der Waals surface area contributed by atoms with Crippen LogP contribution >= 0.6 is 0 Å². The van der Waals surface area contributed by atoms with E-state index in [0.717, 1.165) is 31.7 Å². The van der Waals surface area contributed by atoms with E-state index in [4.69, 9.17) is 0 Å². The van der Waals surface area contributed by atoms with E-state index in [0.29, 0.717) is 11.7 Å². The molecule has 7 nitrogen and oxygen atoms in total. The van der Waals surface area contributed by atoms with Crippen molar-refractivity contribution in [2.75, 3.05) is 25.0 Å². The van der Waals surface area contributed by atoms with Crippen molar-refractivity contribution in [1.29, 1.82) is 0 Å². The van der Waals surface area contributed by atoms with Gasteiger partial charge in [0.15, 0.2) is 0 Å². The first-order valence-electron chi connectivity index (χ1n) is 7.43. The minimum Gasteiger partial charge on any atom is -0.356 e. The van der Waals surface area contributed by atoms with Gasteiger partial charge < -0.3 is 9.80 Å². The first kappa shape index (κ1) is 14.5. The number of likely N-dealkylation sites (tertiary alicyclic amines) is 1. The van der Waals surface area contributed by atoms with Crippen LogP contribution in [0.1, 0.15) is 23.3 Å². The van der Waals surface area contributed by atoms with Crippen LogP contribution in [0.2, 0.25) is 0 Å². The number of carbonyl (C=O) groups is 1. The molecule has 0 spiro atoms. The highest BCUT2D eigenvalue weighted by atomic mass is 16.2. The van der Waals surface area contributed by atoms with E-state index < -0.39 is 0 Å². The smallest absolute Gasteiger partial charge is 0.272 e. The summed E-state index contributed by atoms with van der Waals surface area (Å²) < 4.78 is 1.63. The molecule has 7 heteroatoms. The Bertz CT molecular complexity index is 632. The van der Waals surface area contributed by atoms with E-state index in [-0.39, 0.29) is 5.91 Å². The van der Waals surface area contributed by atoms with Gasteiger partial charge in [0.05, 0.1) is 0 Å².